The Morgan fingerprint density at radius 3 is 2.67 bits per heavy atom. The fourth-order valence-corrected chi connectivity index (χ4v) is 4.29. The van der Waals surface area contributed by atoms with Gasteiger partial charge in [-0.1, -0.05) is 34.1 Å². The number of sulfonamides is 1. The van der Waals surface area contributed by atoms with Gasteiger partial charge >= 0.3 is 0 Å². The predicted octanol–water partition coefficient (Wildman–Crippen LogP) is 3.89. The molecule has 0 atom stereocenters. The highest BCUT2D eigenvalue weighted by Gasteiger charge is 2.27. The number of hydrogen-bond donors (Lipinski definition) is 3. The fourth-order valence-electron chi connectivity index (χ4n) is 2.68. The van der Waals surface area contributed by atoms with Gasteiger partial charge in [0.2, 0.25) is 10.0 Å². The molecule has 1 heterocycles. The van der Waals surface area contributed by atoms with Crippen molar-refractivity contribution in [1.29, 1.82) is 0 Å². The summed E-state index contributed by atoms with van der Waals surface area (Å²) in [6.07, 6.45) is 3.62. The van der Waals surface area contributed by atoms with Crippen LogP contribution < -0.4 is 10.0 Å². The molecule has 4 rings (SSSR count). The van der Waals surface area contributed by atoms with E-state index in [0.717, 1.165) is 40.1 Å². The molecule has 0 bridgehead atoms. The first-order valence-electron chi connectivity index (χ1n) is 8.66. The van der Waals surface area contributed by atoms with Gasteiger partial charge in [0, 0.05) is 16.2 Å². The van der Waals surface area contributed by atoms with Crippen molar-refractivity contribution in [1.82, 2.24) is 14.7 Å². The maximum Gasteiger partial charge on any atom is 0.240 e. The third-order valence-electron chi connectivity index (χ3n) is 4.29. The Hall–Kier alpha value is -2.16. The Bertz CT molecular complexity index is 1040. The number of halogens is 1. The summed E-state index contributed by atoms with van der Waals surface area (Å²) in [5, 5.41) is 3.22. The molecule has 0 amide bonds. The zero-order valence-corrected chi connectivity index (χ0v) is 16.8. The monoisotopic (exact) mass is 446 g/mol. The summed E-state index contributed by atoms with van der Waals surface area (Å²) in [6, 6.07) is 14.9. The zero-order valence-electron chi connectivity index (χ0n) is 14.4. The van der Waals surface area contributed by atoms with E-state index >= 15 is 0 Å². The smallest absolute Gasteiger partial charge is 0.240 e. The Morgan fingerprint density at radius 2 is 1.93 bits per heavy atom. The number of anilines is 1. The Morgan fingerprint density at radius 1 is 1.15 bits per heavy atom. The van der Waals surface area contributed by atoms with E-state index in [4.69, 9.17) is 0 Å². The number of nitrogens with zero attached hydrogens (tertiary/aromatic N) is 1. The first-order chi connectivity index (χ1) is 13.0. The second-order valence-corrected chi connectivity index (χ2v) is 9.16. The number of rotatable bonds is 7. The minimum Gasteiger partial charge on any atom is -0.378 e. The van der Waals surface area contributed by atoms with E-state index in [1.165, 1.54) is 0 Å². The van der Waals surface area contributed by atoms with Crippen LogP contribution in [0.2, 0.25) is 0 Å². The van der Waals surface area contributed by atoms with Gasteiger partial charge < -0.3 is 10.3 Å². The number of imidazole rings is 1. The molecule has 140 valence electrons. The topological polar surface area (TPSA) is 86.9 Å². The minimum absolute atomic E-state index is 0.0896. The van der Waals surface area contributed by atoms with Crippen molar-refractivity contribution in [2.75, 3.05) is 5.32 Å². The van der Waals surface area contributed by atoms with Crippen LogP contribution in [0.1, 0.15) is 18.7 Å². The molecule has 3 aromatic rings. The second-order valence-electron chi connectivity index (χ2n) is 6.53. The van der Waals surface area contributed by atoms with Gasteiger partial charge in [-0.3, -0.25) is 0 Å². The molecule has 0 saturated heterocycles. The van der Waals surface area contributed by atoms with E-state index in [-0.39, 0.29) is 10.9 Å². The Kier molecular flexibility index (Phi) is 5.03. The van der Waals surface area contributed by atoms with Gasteiger partial charge in [0.05, 0.1) is 23.3 Å². The first-order valence-corrected chi connectivity index (χ1v) is 10.9. The van der Waals surface area contributed by atoms with Crippen molar-refractivity contribution >= 4 is 31.6 Å². The summed E-state index contributed by atoms with van der Waals surface area (Å²) in [5.74, 6) is 0.775. The standard InChI is InChI=1S/C19H19BrN4O2S/c20-14-6-4-13(5-7-14)18-11-22-19(23-18)12-21-16-2-1-3-17(10-16)27(25,26)24-15-8-9-15/h1-7,10-11,15,21,24H,8-9,12H2,(H,22,23). The molecule has 1 aliphatic carbocycles. The second kappa shape index (κ2) is 7.46. The SMILES string of the molecule is O=S(=O)(NC1CC1)c1cccc(NCc2ncc(-c3ccc(Br)cc3)[nH]2)c1. The summed E-state index contributed by atoms with van der Waals surface area (Å²) in [4.78, 5) is 7.94. The normalized spacial score (nSPS) is 14.3. The van der Waals surface area contributed by atoms with Crippen LogP contribution in [0.25, 0.3) is 11.3 Å². The first kappa shape index (κ1) is 18.2. The Balaban J connectivity index is 1.43. The van der Waals surface area contributed by atoms with Crippen molar-refractivity contribution < 1.29 is 8.42 Å². The summed E-state index contributed by atoms with van der Waals surface area (Å²) in [7, 11) is -3.46. The number of hydrogen-bond acceptors (Lipinski definition) is 4. The van der Waals surface area contributed by atoms with E-state index in [2.05, 4.69) is 35.9 Å². The maximum atomic E-state index is 12.3. The number of aromatic amines is 1. The lowest BCUT2D eigenvalue weighted by Crippen LogP contribution is -2.25. The quantitative estimate of drug-likeness (QED) is 0.513. The van der Waals surface area contributed by atoms with Gasteiger partial charge in [-0.2, -0.15) is 0 Å². The lowest BCUT2D eigenvalue weighted by Gasteiger charge is -2.09. The molecule has 1 aliphatic rings. The van der Waals surface area contributed by atoms with Crippen LogP contribution >= 0.6 is 15.9 Å². The number of H-pyrrole nitrogens is 1. The average Bonchev–Trinajstić information content (AvgIpc) is 3.33. The van der Waals surface area contributed by atoms with Gasteiger partial charge in [0.1, 0.15) is 5.82 Å². The summed E-state index contributed by atoms with van der Waals surface area (Å²) in [6.45, 7) is 0.468. The van der Waals surface area contributed by atoms with Gasteiger partial charge in [-0.05, 0) is 48.7 Å². The maximum absolute atomic E-state index is 12.3. The van der Waals surface area contributed by atoms with Crippen molar-refractivity contribution in [3.8, 4) is 11.3 Å². The van der Waals surface area contributed by atoms with Crippen molar-refractivity contribution in [3.63, 3.8) is 0 Å². The molecule has 1 saturated carbocycles. The summed E-state index contributed by atoms with van der Waals surface area (Å²) in [5.41, 5.74) is 2.72. The molecule has 1 fully saturated rings. The van der Waals surface area contributed by atoms with Crippen LogP contribution in [-0.2, 0) is 16.6 Å². The molecular formula is C19H19BrN4O2S. The highest BCUT2D eigenvalue weighted by atomic mass is 79.9. The molecular weight excluding hydrogens is 428 g/mol. The van der Waals surface area contributed by atoms with Crippen molar-refractivity contribution in [3.05, 3.63) is 65.0 Å². The molecule has 0 radical (unpaired) electrons. The summed E-state index contributed by atoms with van der Waals surface area (Å²) >= 11 is 3.43. The van der Waals surface area contributed by atoms with Crippen LogP contribution in [0, 0.1) is 0 Å². The third-order valence-corrected chi connectivity index (χ3v) is 6.33. The van der Waals surface area contributed by atoms with Crippen LogP contribution in [-0.4, -0.2) is 24.4 Å². The van der Waals surface area contributed by atoms with Gasteiger partial charge in [0.25, 0.3) is 0 Å². The van der Waals surface area contributed by atoms with Crippen LogP contribution in [0.15, 0.2) is 64.1 Å². The molecule has 0 spiro atoms. The van der Waals surface area contributed by atoms with Gasteiger partial charge in [-0.25, -0.2) is 18.1 Å². The number of aromatic nitrogens is 2. The third kappa shape index (κ3) is 4.58. The average molecular weight is 447 g/mol. The molecule has 6 nitrogen and oxygen atoms in total. The van der Waals surface area contributed by atoms with Crippen LogP contribution in [0.3, 0.4) is 0 Å². The zero-order chi connectivity index (χ0) is 18.9. The lowest BCUT2D eigenvalue weighted by atomic mass is 10.2. The molecule has 3 N–H and O–H groups in total. The van der Waals surface area contributed by atoms with Gasteiger partial charge in [-0.15, -0.1) is 0 Å². The van der Waals surface area contributed by atoms with E-state index < -0.39 is 10.0 Å². The van der Waals surface area contributed by atoms with Crippen LogP contribution in [0.4, 0.5) is 5.69 Å². The van der Waals surface area contributed by atoms with Crippen LogP contribution in [0.5, 0.6) is 0 Å². The molecule has 8 heteroatoms. The summed E-state index contributed by atoms with van der Waals surface area (Å²) < 4.78 is 28.4. The lowest BCUT2D eigenvalue weighted by molar-refractivity contribution is 0.581. The highest BCUT2D eigenvalue weighted by Crippen LogP contribution is 2.24. The molecule has 2 aromatic carbocycles. The minimum atomic E-state index is -3.46. The number of nitrogens with one attached hydrogen (secondary N) is 3. The van der Waals surface area contributed by atoms with E-state index in [1.54, 1.807) is 24.4 Å². The van der Waals surface area contributed by atoms with Crippen molar-refractivity contribution in [2.45, 2.75) is 30.3 Å². The van der Waals surface area contributed by atoms with E-state index in [0.29, 0.717) is 6.54 Å². The van der Waals surface area contributed by atoms with Gasteiger partial charge in [0.15, 0.2) is 0 Å². The largest absolute Gasteiger partial charge is 0.378 e. The predicted molar refractivity (Wildman–Crippen MR) is 109 cm³/mol. The Labute approximate surface area is 166 Å². The fraction of sp³-hybridized carbons (Fsp3) is 0.211. The molecule has 27 heavy (non-hydrogen) atoms. The van der Waals surface area contributed by atoms with Crippen molar-refractivity contribution in [2.24, 2.45) is 0 Å². The highest BCUT2D eigenvalue weighted by molar-refractivity contribution is 9.10. The van der Waals surface area contributed by atoms with E-state index in [9.17, 15) is 8.42 Å². The number of benzene rings is 2. The molecule has 1 aromatic heterocycles. The molecule has 0 unspecified atom stereocenters. The molecule has 0 aliphatic heterocycles. The van der Waals surface area contributed by atoms with E-state index in [1.807, 2.05) is 30.3 Å².